The molecule has 0 bridgehead atoms. The summed E-state index contributed by atoms with van der Waals surface area (Å²) in [6, 6.07) is 39.3. The normalized spacial score (nSPS) is 22.5. The molecule has 206 valence electrons. The van der Waals surface area contributed by atoms with Crippen LogP contribution < -0.4 is 0 Å². The van der Waals surface area contributed by atoms with E-state index in [4.69, 9.17) is 18.9 Å². The molecule has 40 heavy (non-hydrogen) atoms. The second-order valence-corrected chi connectivity index (χ2v) is 11.0. The van der Waals surface area contributed by atoms with Crippen LogP contribution in [0.4, 0.5) is 0 Å². The van der Waals surface area contributed by atoms with Gasteiger partial charge >= 0.3 is 5.97 Å². The lowest BCUT2D eigenvalue weighted by Crippen LogP contribution is -2.56. The molecule has 5 nitrogen and oxygen atoms in total. The Labute approximate surface area is 240 Å². The van der Waals surface area contributed by atoms with E-state index in [9.17, 15) is 4.79 Å². The van der Waals surface area contributed by atoms with Gasteiger partial charge in [-0.25, -0.2) is 4.79 Å². The van der Waals surface area contributed by atoms with Crippen LogP contribution in [0.1, 0.15) is 28.4 Å². The summed E-state index contributed by atoms with van der Waals surface area (Å²) in [6.07, 6.45) is -1.26. The molecule has 1 saturated heterocycles. The first-order valence-corrected chi connectivity index (χ1v) is 14.5. The Morgan fingerprint density at radius 3 is 1.77 bits per heavy atom. The van der Waals surface area contributed by atoms with Crippen molar-refractivity contribution in [2.24, 2.45) is 5.92 Å². The highest BCUT2D eigenvalue weighted by Crippen LogP contribution is 2.39. The monoisotopic (exact) mass is 554 g/mol. The van der Waals surface area contributed by atoms with Crippen LogP contribution in [0.3, 0.4) is 0 Å². The van der Waals surface area contributed by atoms with E-state index in [2.05, 4.69) is 31.2 Å². The van der Waals surface area contributed by atoms with Gasteiger partial charge in [-0.3, -0.25) is 0 Å². The Morgan fingerprint density at radius 2 is 1.20 bits per heavy atom. The molecule has 0 saturated carbocycles. The van der Waals surface area contributed by atoms with E-state index in [1.54, 1.807) is 23.9 Å². The average Bonchev–Trinajstić information content (AvgIpc) is 3.01. The summed E-state index contributed by atoms with van der Waals surface area (Å²) in [5.74, 6) is -0.394. The molecule has 0 spiro atoms. The van der Waals surface area contributed by atoms with Crippen molar-refractivity contribution in [1.29, 1.82) is 0 Å². The fourth-order valence-corrected chi connectivity index (χ4v) is 5.89. The Morgan fingerprint density at radius 1 is 0.700 bits per heavy atom. The standard InChI is InChI=1S/C34H34O5S/c1-25-31(36-22-26-14-6-2-7-15-26)32(37-23-27-16-8-3-9-17-27)30(24-38-33(35)28-18-10-4-11-19-28)39-34(25)40-29-20-12-5-13-21-29/h2-21,25,30-32,34H,22-24H2,1H3/t25?,30?,31-,32+,34-/m1/s1. The Hall–Kier alpha value is -3.42. The Kier molecular flexibility index (Phi) is 10.0. The molecule has 0 aliphatic carbocycles. The minimum Gasteiger partial charge on any atom is -0.459 e. The van der Waals surface area contributed by atoms with Crippen LogP contribution in [-0.2, 0) is 32.2 Å². The predicted octanol–water partition coefficient (Wildman–Crippen LogP) is 7.17. The van der Waals surface area contributed by atoms with Gasteiger partial charge in [-0.2, -0.15) is 0 Å². The predicted molar refractivity (Wildman–Crippen MR) is 157 cm³/mol. The first kappa shape index (κ1) is 28.1. The van der Waals surface area contributed by atoms with Crippen molar-refractivity contribution in [2.75, 3.05) is 6.61 Å². The number of thioether (sulfide) groups is 1. The van der Waals surface area contributed by atoms with Gasteiger partial charge in [-0.05, 0) is 35.4 Å². The van der Waals surface area contributed by atoms with Gasteiger partial charge in [0.1, 0.15) is 24.3 Å². The molecule has 0 radical (unpaired) electrons. The fraction of sp³-hybridized carbons (Fsp3) is 0.265. The lowest BCUT2D eigenvalue weighted by Gasteiger charge is -2.45. The highest BCUT2D eigenvalue weighted by Gasteiger charge is 2.46. The summed E-state index contributed by atoms with van der Waals surface area (Å²) in [4.78, 5) is 13.9. The molecule has 0 aromatic heterocycles. The smallest absolute Gasteiger partial charge is 0.338 e. The van der Waals surface area contributed by atoms with Gasteiger partial charge in [0.05, 0.1) is 24.9 Å². The van der Waals surface area contributed by atoms with E-state index in [-0.39, 0.29) is 24.1 Å². The highest BCUT2D eigenvalue weighted by molar-refractivity contribution is 7.99. The van der Waals surface area contributed by atoms with E-state index in [1.165, 1.54) is 0 Å². The second-order valence-electron chi connectivity index (χ2n) is 9.82. The number of carbonyl (C=O) groups is 1. The molecular weight excluding hydrogens is 520 g/mol. The SMILES string of the molecule is CC1[C@@H](Sc2ccccc2)OC(COC(=O)c2ccccc2)[C@H](OCc2ccccc2)[C@@H]1OCc1ccccc1. The quantitative estimate of drug-likeness (QED) is 0.183. The summed E-state index contributed by atoms with van der Waals surface area (Å²) in [6.45, 7) is 3.03. The molecule has 2 unspecified atom stereocenters. The zero-order valence-electron chi connectivity index (χ0n) is 22.5. The highest BCUT2D eigenvalue weighted by atomic mass is 32.2. The van der Waals surface area contributed by atoms with E-state index in [0.29, 0.717) is 18.8 Å². The van der Waals surface area contributed by atoms with Crippen LogP contribution >= 0.6 is 11.8 Å². The maximum Gasteiger partial charge on any atom is 0.338 e. The molecule has 6 heteroatoms. The van der Waals surface area contributed by atoms with Crippen molar-refractivity contribution in [3.8, 4) is 0 Å². The summed E-state index contributed by atoms with van der Waals surface area (Å²) < 4.78 is 25.6. The van der Waals surface area contributed by atoms with Crippen molar-refractivity contribution in [1.82, 2.24) is 0 Å². The second kappa shape index (κ2) is 14.3. The summed E-state index contributed by atoms with van der Waals surface area (Å²) in [5.41, 5.74) is 2.42. The van der Waals surface area contributed by atoms with Gasteiger partial charge in [-0.15, -0.1) is 0 Å². The van der Waals surface area contributed by atoms with Crippen LogP contribution in [0.25, 0.3) is 0 Å². The molecule has 5 atom stereocenters. The molecule has 0 N–H and O–H groups in total. The van der Waals surface area contributed by atoms with Crippen molar-refractivity contribution in [3.05, 3.63) is 138 Å². The Balaban J connectivity index is 1.39. The van der Waals surface area contributed by atoms with Crippen molar-refractivity contribution >= 4 is 17.7 Å². The number of benzene rings is 4. The molecule has 1 aliphatic heterocycles. The van der Waals surface area contributed by atoms with Gasteiger partial charge in [0.25, 0.3) is 0 Å². The lowest BCUT2D eigenvalue weighted by atomic mass is 9.93. The van der Waals surface area contributed by atoms with Crippen molar-refractivity contribution in [3.63, 3.8) is 0 Å². The maximum absolute atomic E-state index is 12.8. The number of hydrogen-bond donors (Lipinski definition) is 0. The molecule has 1 heterocycles. The zero-order valence-corrected chi connectivity index (χ0v) is 23.3. The number of rotatable bonds is 11. The van der Waals surface area contributed by atoms with Crippen LogP contribution in [-0.4, -0.2) is 36.3 Å². The van der Waals surface area contributed by atoms with Gasteiger partial charge < -0.3 is 18.9 Å². The molecule has 4 aromatic carbocycles. The minimum atomic E-state index is -0.519. The fourth-order valence-electron chi connectivity index (χ4n) is 4.74. The lowest BCUT2D eigenvalue weighted by molar-refractivity contribution is -0.220. The molecular formula is C34H34O5S. The van der Waals surface area contributed by atoms with E-state index >= 15 is 0 Å². The van der Waals surface area contributed by atoms with E-state index in [1.807, 2.05) is 84.9 Å². The number of hydrogen-bond acceptors (Lipinski definition) is 6. The number of ether oxygens (including phenoxy) is 4. The maximum atomic E-state index is 12.8. The van der Waals surface area contributed by atoms with Gasteiger partial charge in [0, 0.05) is 10.8 Å². The van der Waals surface area contributed by atoms with Crippen LogP contribution in [0.15, 0.2) is 126 Å². The third-order valence-corrected chi connectivity index (χ3v) is 8.22. The Bertz CT molecular complexity index is 1300. The first-order valence-electron chi connectivity index (χ1n) is 13.6. The summed E-state index contributed by atoms with van der Waals surface area (Å²) >= 11 is 1.65. The third kappa shape index (κ3) is 7.61. The van der Waals surface area contributed by atoms with Crippen molar-refractivity contribution < 1.29 is 23.7 Å². The largest absolute Gasteiger partial charge is 0.459 e. The first-order chi connectivity index (χ1) is 19.7. The summed E-state index contributed by atoms with van der Waals surface area (Å²) in [5, 5.41) is 0. The molecule has 5 rings (SSSR count). The molecule has 1 fully saturated rings. The van der Waals surface area contributed by atoms with Gasteiger partial charge in [-0.1, -0.05) is 116 Å². The molecule has 1 aliphatic rings. The van der Waals surface area contributed by atoms with Crippen LogP contribution in [0.2, 0.25) is 0 Å². The molecule has 0 amide bonds. The van der Waals surface area contributed by atoms with E-state index in [0.717, 1.165) is 16.0 Å². The minimum absolute atomic E-state index is 0.00392. The number of esters is 1. The van der Waals surface area contributed by atoms with Crippen LogP contribution in [0.5, 0.6) is 0 Å². The third-order valence-electron chi connectivity index (χ3n) is 6.90. The van der Waals surface area contributed by atoms with Crippen LogP contribution in [0, 0.1) is 5.92 Å². The van der Waals surface area contributed by atoms with E-state index < -0.39 is 18.2 Å². The topological polar surface area (TPSA) is 54.0 Å². The average molecular weight is 555 g/mol. The number of carbonyl (C=O) groups excluding carboxylic acids is 1. The van der Waals surface area contributed by atoms with Gasteiger partial charge in [0.2, 0.25) is 0 Å². The molecule has 4 aromatic rings. The van der Waals surface area contributed by atoms with Crippen molar-refractivity contribution in [2.45, 2.75) is 48.8 Å². The van der Waals surface area contributed by atoms with Gasteiger partial charge in [0.15, 0.2) is 0 Å². The summed E-state index contributed by atoms with van der Waals surface area (Å²) in [7, 11) is 0. The zero-order chi connectivity index (χ0) is 27.6.